The predicted molar refractivity (Wildman–Crippen MR) is 77.7 cm³/mol. The Labute approximate surface area is 118 Å². The minimum Gasteiger partial charge on any atom is -0.463 e. The monoisotopic (exact) mass is 279 g/mol. The van der Waals surface area contributed by atoms with Crippen molar-refractivity contribution in [2.75, 3.05) is 19.5 Å². The molecule has 4 heteroatoms. The largest absolute Gasteiger partial charge is 0.463 e. The van der Waals surface area contributed by atoms with E-state index in [9.17, 15) is 4.79 Å². The van der Waals surface area contributed by atoms with Crippen LogP contribution in [0.2, 0.25) is 0 Å². The number of fused-ring (bicyclic) bond motifs is 1. The van der Waals surface area contributed by atoms with Gasteiger partial charge in [0, 0.05) is 24.9 Å². The normalized spacial score (nSPS) is 10.8. The summed E-state index contributed by atoms with van der Waals surface area (Å²) in [5, 5.41) is 0.875. The Hall–Kier alpha value is -1.48. The molecule has 0 bridgehead atoms. The second-order valence-corrected chi connectivity index (χ2v) is 5.00. The van der Waals surface area contributed by atoms with Gasteiger partial charge in [0.25, 0.3) is 5.91 Å². The first-order chi connectivity index (χ1) is 9.24. The fraction of sp³-hybridized carbons (Fsp3) is 0.400. The minimum absolute atomic E-state index is 0.0100. The number of halogens is 1. The van der Waals surface area contributed by atoms with Crippen LogP contribution in [0.1, 0.15) is 29.6 Å². The highest BCUT2D eigenvalue weighted by atomic mass is 35.5. The predicted octanol–water partition coefficient (Wildman–Crippen LogP) is 3.91. The molecular weight excluding hydrogens is 262 g/mol. The lowest BCUT2D eigenvalue weighted by molar-refractivity contribution is 0.0793. The molecule has 1 aromatic carbocycles. The van der Waals surface area contributed by atoms with Gasteiger partial charge in [-0.2, -0.15) is 0 Å². The van der Waals surface area contributed by atoms with E-state index in [-0.39, 0.29) is 5.91 Å². The van der Waals surface area contributed by atoms with Crippen molar-refractivity contribution in [1.29, 1.82) is 0 Å². The van der Waals surface area contributed by atoms with Crippen molar-refractivity contribution in [3.05, 3.63) is 36.1 Å². The second-order valence-electron chi connectivity index (χ2n) is 4.62. The molecule has 0 saturated heterocycles. The maximum atomic E-state index is 12.3. The van der Waals surface area contributed by atoms with Gasteiger partial charge >= 0.3 is 0 Å². The first-order valence-corrected chi connectivity index (χ1v) is 7.05. The number of para-hydroxylation sites is 1. The zero-order chi connectivity index (χ0) is 13.7. The van der Waals surface area contributed by atoms with Gasteiger partial charge in [-0.05, 0) is 18.9 Å². The summed E-state index contributed by atoms with van der Waals surface area (Å²) in [7, 11) is 1.82. The summed E-state index contributed by atoms with van der Waals surface area (Å²) >= 11 is 5.63. The average molecular weight is 280 g/mol. The molecule has 19 heavy (non-hydrogen) atoms. The Bertz CT molecular complexity index is 550. The number of amides is 1. The number of carbonyl (C=O) groups is 1. The maximum absolute atomic E-state index is 12.3. The van der Waals surface area contributed by atoms with Gasteiger partial charge in [0.15, 0.2) is 0 Å². The first-order valence-electron chi connectivity index (χ1n) is 6.51. The number of hydrogen-bond donors (Lipinski definition) is 0. The second kappa shape index (κ2) is 6.62. The third-order valence-corrected chi connectivity index (χ3v) is 3.45. The number of furan rings is 1. The molecular formula is C15H18ClNO2. The SMILES string of the molecule is CN(CCCCCCl)C(=O)c1coc2ccccc12. The van der Waals surface area contributed by atoms with Crippen molar-refractivity contribution < 1.29 is 9.21 Å². The van der Waals surface area contributed by atoms with Crippen LogP contribution in [-0.2, 0) is 0 Å². The molecule has 0 atom stereocenters. The molecule has 1 aromatic heterocycles. The van der Waals surface area contributed by atoms with Gasteiger partial charge in [-0.3, -0.25) is 4.79 Å². The number of nitrogens with zero attached hydrogens (tertiary/aromatic N) is 1. The van der Waals surface area contributed by atoms with Crippen molar-refractivity contribution in [2.24, 2.45) is 0 Å². The molecule has 0 aliphatic rings. The van der Waals surface area contributed by atoms with E-state index in [1.54, 1.807) is 11.2 Å². The molecule has 0 aliphatic heterocycles. The Morgan fingerprint density at radius 3 is 2.84 bits per heavy atom. The van der Waals surface area contributed by atoms with Gasteiger partial charge in [0.1, 0.15) is 11.8 Å². The molecule has 0 saturated carbocycles. The molecule has 0 radical (unpaired) electrons. The Kier molecular flexibility index (Phi) is 4.86. The van der Waals surface area contributed by atoms with E-state index in [0.29, 0.717) is 11.4 Å². The van der Waals surface area contributed by atoms with Gasteiger partial charge in [-0.15, -0.1) is 11.6 Å². The Morgan fingerprint density at radius 1 is 1.26 bits per heavy atom. The summed E-state index contributed by atoms with van der Waals surface area (Å²) in [5.41, 5.74) is 1.39. The zero-order valence-electron chi connectivity index (χ0n) is 11.1. The highest BCUT2D eigenvalue weighted by Crippen LogP contribution is 2.21. The van der Waals surface area contributed by atoms with Crippen molar-refractivity contribution in [3.63, 3.8) is 0 Å². The Morgan fingerprint density at radius 2 is 2.05 bits per heavy atom. The maximum Gasteiger partial charge on any atom is 0.257 e. The van der Waals surface area contributed by atoms with Gasteiger partial charge in [-0.25, -0.2) is 0 Å². The van der Waals surface area contributed by atoms with E-state index >= 15 is 0 Å². The van der Waals surface area contributed by atoms with Crippen LogP contribution in [0.25, 0.3) is 11.0 Å². The third kappa shape index (κ3) is 3.29. The first kappa shape index (κ1) is 13.9. The van der Waals surface area contributed by atoms with Crippen LogP contribution in [-0.4, -0.2) is 30.3 Å². The molecule has 3 nitrogen and oxygen atoms in total. The fourth-order valence-electron chi connectivity index (χ4n) is 2.07. The zero-order valence-corrected chi connectivity index (χ0v) is 11.8. The lowest BCUT2D eigenvalue weighted by atomic mass is 10.1. The number of unbranched alkanes of at least 4 members (excludes halogenated alkanes) is 2. The van der Waals surface area contributed by atoms with Crippen LogP contribution in [0.4, 0.5) is 0 Å². The fourth-order valence-corrected chi connectivity index (χ4v) is 2.26. The van der Waals surface area contributed by atoms with Gasteiger partial charge < -0.3 is 9.32 Å². The van der Waals surface area contributed by atoms with E-state index in [4.69, 9.17) is 16.0 Å². The number of rotatable bonds is 6. The molecule has 1 amide bonds. The number of benzene rings is 1. The van der Waals surface area contributed by atoms with Crippen molar-refractivity contribution >= 4 is 28.5 Å². The van der Waals surface area contributed by atoms with Crippen molar-refractivity contribution in [1.82, 2.24) is 4.90 Å². The third-order valence-electron chi connectivity index (χ3n) is 3.19. The highest BCUT2D eigenvalue weighted by molar-refractivity contribution is 6.17. The topological polar surface area (TPSA) is 33.5 Å². The van der Waals surface area contributed by atoms with E-state index in [2.05, 4.69) is 0 Å². The minimum atomic E-state index is 0.0100. The summed E-state index contributed by atoms with van der Waals surface area (Å²) in [4.78, 5) is 14.1. The lowest BCUT2D eigenvalue weighted by Crippen LogP contribution is -2.27. The smallest absolute Gasteiger partial charge is 0.257 e. The van der Waals surface area contributed by atoms with Crippen molar-refractivity contribution in [3.8, 4) is 0 Å². The summed E-state index contributed by atoms with van der Waals surface area (Å²) in [6, 6.07) is 7.59. The molecule has 0 unspecified atom stereocenters. The molecule has 0 spiro atoms. The van der Waals surface area contributed by atoms with Crippen LogP contribution in [0, 0.1) is 0 Å². The standard InChI is InChI=1S/C15H18ClNO2/c1-17(10-6-2-5-9-16)15(18)13-11-19-14-8-4-3-7-12(13)14/h3-4,7-8,11H,2,5-6,9-10H2,1H3. The van der Waals surface area contributed by atoms with Gasteiger partial charge in [0.2, 0.25) is 0 Å². The van der Waals surface area contributed by atoms with Gasteiger partial charge in [-0.1, -0.05) is 24.6 Å². The molecule has 2 rings (SSSR count). The van der Waals surface area contributed by atoms with E-state index in [1.165, 1.54) is 0 Å². The molecule has 0 fully saturated rings. The van der Waals surface area contributed by atoms with Crippen LogP contribution < -0.4 is 0 Å². The van der Waals surface area contributed by atoms with E-state index < -0.39 is 0 Å². The number of carbonyl (C=O) groups excluding carboxylic acids is 1. The molecule has 0 aliphatic carbocycles. The summed E-state index contributed by atoms with van der Waals surface area (Å²) in [6.45, 7) is 0.745. The van der Waals surface area contributed by atoms with Crippen molar-refractivity contribution in [2.45, 2.75) is 19.3 Å². The number of hydrogen-bond acceptors (Lipinski definition) is 2. The number of alkyl halides is 1. The molecule has 0 N–H and O–H groups in total. The average Bonchev–Trinajstić information content (AvgIpc) is 2.86. The quantitative estimate of drug-likeness (QED) is 0.593. The molecule has 1 heterocycles. The van der Waals surface area contributed by atoms with Crippen LogP contribution >= 0.6 is 11.6 Å². The van der Waals surface area contributed by atoms with Crippen LogP contribution in [0.15, 0.2) is 34.9 Å². The van der Waals surface area contributed by atoms with E-state index in [1.807, 2.05) is 31.3 Å². The molecule has 102 valence electrons. The summed E-state index contributed by atoms with van der Waals surface area (Å²) in [6.07, 6.45) is 4.57. The summed E-state index contributed by atoms with van der Waals surface area (Å²) < 4.78 is 5.40. The van der Waals surface area contributed by atoms with Crippen LogP contribution in [0.5, 0.6) is 0 Å². The van der Waals surface area contributed by atoms with Crippen LogP contribution in [0.3, 0.4) is 0 Å². The molecule has 2 aromatic rings. The lowest BCUT2D eigenvalue weighted by Gasteiger charge is -2.16. The Balaban J connectivity index is 2.02. The highest BCUT2D eigenvalue weighted by Gasteiger charge is 2.16. The van der Waals surface area contributed by atoms with E-state index in [0.717, 1.165) is 36.8 Å². The van der Waals surface area contributed by atoms with Gasteiger partial charge in [0.05, 0.1) is 5.56 Å². The summed E-state index contributed by atoms with van der Waals surface area (Å²) in [5.74, 6) is 0.695.